The zero-order chi connectivity index (χ0) is 18.1. The number of aliphatic hydroxyl groups excluding tert-OH is 1. The highest BCUT2D eigenvalue weighted by molar-refractivity contribution is 5.58. The van der Waals surface area contributed by atoms with Crippen LogP contribution in [0.4, 0.5) is 26.3 Å². The molecule has 10 heteroatoms. The summed E-state index contributed by atoms with van der Waals surface area (Å²) in [6.07, 6.45) is -6.55. The fourth-order valence-electron chi connectivity index (χ4n) is 1.73. The van der Waals surface area contributed by atoms with Crippen molar-refractivity contribution in [1.82, 2.24) is 14.8 Å². The standard InChI is InChI=1S/C14H9F6N3O/c1-8(24)2-3-23-7-21-12(22-23)9-4-10(13(15,16)17)6-11(5-9)14(18,19)20/h2-7,24H,1H2/b3-2-. The zero-order valence-electron chi connectivity index (χ0n) is 11.7. The number of nitrogens with zero attached hydrogens (tertiary/aromatic N) is 3. The Morgan fingerprint density at radius 1 is 1.04 bits per heavy atom. The average Bonchev–Trinajstić information content (AvgIpc) is 2.91. The fraction of sp³-hybridized carbons (Fsp3) is 0.143. The number of halogens is 6. The van der Waals surface area contributed by atoms with Crippen LogP contribution < -0.4 is 0 Å². The number of benzene rings is 1. The van der Waals surface area contributed by atoms with Gasteiger partial charge in [0, 0.05) is 11.8 Å². The van der Waals surface area contributed by atoms with Crippen molar-refractivity contribution in [2.24, 2.45) is 0 Å². The van der Waals surface area contributed by atoms with E-state index in [0.29, 0.717) is 12.1 Å². The van der Waals surface area contributed by atoms with Crippen molar-refractivity contribution in [1.29, 1.82) is 0 Å². The number of hydrogen-bond acceptors (Lipinski definition) is 3. The molecule has 1 aromatic heterocycles. The highest BCUT2D eigenvalue weighted by Gasteiger charge is 2.37. The van der Waals surface area contributed by atoms with Gasteiger partial charge in [-0.1, -0.05) is 6.58 Å². The van der Waals surface area contributed by atoms with Gasteiger partial charge in [-0.15, -0.1) is 5.10 Å². The first kappa shape index (κ1) is 17.6. The van der Waals surface area contributed by atoms with Crippen LogP contribution in [0.15, 0.2) is 42.9 Å². The lowest BCUT2D eigenvalue weighted by molar-refractivity contribution is -0.143. The Morgan fingerprint density at radius 2 is 1.58 bits per heavy atom. The molecule has 0 amide bonds. The molecule has 0 spiro atoms. The second-order valence-electron chi connectivity index (χ2n) is 4.65. The van der Waals surface area contributed by atoms with Crippen LogP contribution >= 0.6 is 0 Å². The third-order valence-electron chi connectivity index (χ3n) is 2.77. The number of aliphatic hydroxyl groups is 1. The van der Waals surface area contributed by atoms with E-state index in [2.05, 4.69) is 16.7 Å². The lowest BCUT2D eigenvalue weighted by Crippen LogP contribution is -2.11. The number of alkyl halides is 6. The number of rotatable bonds is 3. The van der Waals surface area contributed by atoms with Crippen LogP contribution in [0.2, 0.25) is 0 Å². The van der Waals surface area contributed by atoms with Crippen molar-refractivity contribution in [2.45, 2.75) is 12.4 Å². The smallest absolute Gasteiger partial charge is 0.416 e. The van der Waals surface area contributed by atoms with Crippen molar-refractivity contribution in [3.05, 3.63) is 54.1 Å². The third kappa shape index (κ3) is 4.15. The Labute approximate surface area is 131 Å². The van der Waals surface area contributed by atoms with E-state index in [1.807, 2.05) is 0 Å². The van der Waals surface area contributed by atoms with Crippen LogP contribution in [-0.4, -0.2) is 19.9 Å². The van der Waals surface area contributed by atoms with Crippen molar-refractivity contribution < 1.29 is 31.4 Å². The maximum absolute atomic E-state index is 12.8. The molecular weight excluding hydrogens is 340 g/mol. The molecule has 1 N–H and O–H groups in total. The van der Waals surface area contributed by atoms with Gasteiger partial charge in [-0.25, -0.2) is 9.67 Å². The predicted octanol–water partition coefficient (Wildman–Crippen LogP) is 4.53. The first-order valence-corrected chi connectivity index (χ1v) is 6.24. The third-order valence-corrected chi connectivity index (χ3v) is 2.77. The van der Waals surface area contributed by atoms with Gasteiger partial charge in [0.1, 0.15) is 12.1 Å². The molecule has 4 nitrogen and oxygen atoms in total. The molecule has 2 rings (SSSR count). The molecule has 0 unspecified atom stereocenters. The minimum absolute atomic E-state index is 0.0240. The van der Waals surface area contributed by atoms with Gasteiger partial charge >= 0.3 is 12.4 Å². The van der Waals surface area contributed by atoms with Crippen LogP contribution in [0.1, 0.15) is 11.1 Å². The lowest BCUT2D eigenvalue weighted by Gasteiger charge is -2.13. The SMILES string of the molecule is C=C(O)/C=C\n1cnc(-c2cc(C(F)(F)F)cc(C(F)(F)F)c2)n1. The summed E-state index contributed by atoms with van der Waals surface area (Å²) in [5.41, 5.74) is -3.35. The maximum Gasteiger partial charge on any atom is 0.416 e. The summed E-state index contributed by atoms with van der Waals surface area (Å²) in [5, 5.41) is 12.6. The monoisotopic (exact) mass is 349 g/mol. The second kappa shape index (κ2) is 6.02. The Morgan fingerprint density at radius 3 is 2.04 bits per heavy atom. The number of allylic oxidation sites excluding steroid dienone is 1. The van der Waals surface area contributed by atoms with Crippen LogP contribution in [0.5, 0.6) is 0 Å². The highest BCUT2D eigenvalue weighted by atomic mass is 19.4. The molecule has 0 aliphatic carbocycles. The second-order valence-corrected chi connectivity index (χ2v) is 4.65. The minimum atomic E-state index is -4.95. The molecule has 0 aliphatic rings. The van der Waals surface area contributed by atoms with Crippen LogP contribution in [0.3, 0.4) is 0 Å². The normalized spacial score (nSPS) is 12.8. The molecule has 0 bridgehead atoms. The molecule has 128 valence electrons. The van der Waals surface area contributed by atoms with Gasteiger partial charge in [-0.3, -0.25) is 0 Å². The van der Waals surface area contributed by atoms with Crippen molar-refractivity contribution in [3.8, 4) is 11.4 Å². The Hall–Kier alpha value is -2.78. The first-order chi connectivity index (χ1) is 11.0. The molecule has 0 aliphatic heterocycles. The number of hydrogen-bond donors (Lipinski definition) is 1. The lowest BCUT2D eigenvalue weighted by atomic mass is 10.0. The maximum atomic E-state index is 12.8. The van der Waals surface area contributed by atoms with Gasteiger partial charge in [0.05, 0.1) is 11.1 Å². The van der Waals surface area contributed by atoms with Gasteiger partial charge in [0.15, 0.2) is 5.82 Å². The molecule has 1 heterocycles. The van der Waals surface area contributed by atoms with Crippen LogP contribution in [0, 0.1) is 0 Å². The summed E-state index contributed by atoms with van der Waals surface area (Å²) in [5.74, 6) is -0.648. The molecule has 0 saturated heterocycles. The molecule has 0 atom stereocenters. The molecule has 24 heavy (non-hydrogen) atoms. The topological polar surface area (TPSA) is 50.9 Å². The van der Waals surface area contributed by atoms with Crippen LogP contribution in [0.25, 0.3) is 17.6 Å². The average molecular weight is 349 g/mol. The van der Waals surface area contributed by atoms with E-state index >= 15 is 0 Å². The summed E-state index contributed by atoms with van der Waals surface area (Å²) >= 11 is 0. The summed E-state index contributed by atoms with van der Waals surface area (Å²) in [4.78, 5) is 3.67. The van der Waals surface area contributed by atoms with E-state index in [0.717, 1.165) is 17.1 Å². The Balaban J connectivity index is 2.52. The highest BCUT2D eigenvalue weighted by Crippen LogP contribution is 2.37. The fourth-order valence-corrected chi connectivity index (χ4v) is 1.73. The number of aromatic nitrogens is 3. The van der Waals surface area contributed by atoms with Gasteiger partial charge in [0.2, 0.25) is 0 Å². The molecule has 2 aromatic rings. The largest absolute Gasteiger partial charge is 0.509 e. The Bertz CT molecular complexity index is 756. The van der Waals surface area contributed by atoms with Crippen molar-refractivity contribution >= 4 is 6.20 Å². The quantitative estimate of drug-likeness (QED) is 0.503. The predicted molar refractivity (Wildman–Crippen MR) is 72.6 cm³/mol. The van der Waals surface area contributed by atoms with Gasteiger partial charge in [-0.2, -0.15) is 26.3 Å². The van der Waals surface area contributed by atoms with E-state index in [1.165, 1.54) is 6.20 Å². The van der Waals surface area contributed by atoms with Gasteiger partial charge < -0.3 is 5.11 Å². The van der Waals surface area contributed by atoms with E-state index in [4.69, 9.17) is 5.11 Å². The van der Waals surface area contributed by atoms with Crippen molar-refractivity contribution in [3.63, 3.8) is 0 Å². The van der Waals surface area contributed by atoms with Gasteiger partial charge in [-0.05, 0) is 24.3 Å². The van der Waals surface area contributed by atoms with E-state index in [-0.39, 0.29) is 17.6 Å². The molecule has 1 aromatic carbocycles. The summed E-state index contributed by atoms with van der Waals surface area (Å²) < 4.78 is 77.8. The molecule has 0 fully saturated rings. The van der Waals surface area contributed by atoms with E-state index in [1.54, 1.807) is 0 Å². The van der Waals surface area contributed by atoms with Crippen LogP contribution in [-0.2, 0) is 12.4 Å². The summed E-state index contributed by atoms with van der Waals surface area (Å²) in [6.45, 7) is 3.17. The van der Waals surface area contributed by atoms with Crippen molar-refractivity contribution in [2.75, 3.05) is 0 Å². The Kier molecular flexibility index (Phi) is 4.41. The van der Waals surface area contributed by atoms with E-state index in [9.17, 15) is 26.3 Å². The first-order valence-electron chi connectivity index (χ1n) is 6.24. The summed E-state index contributed by atoms with van der Waals surface area (Å²) in [6, 6.07) is 1.09. The zero-order valence-corrected chi connectivity index (χ0v) is 11.7. The van der Waals surface area contributed by atoms with Gasteiger partial charge in [0.25, 0.3) is 0 Å². The minimum Gasteiger partial charge on any atom is -0.509 e. The summed E-state index contributed by atoms with van der Waals surface area (Å²) in [7, 11) is 0. The van der Waals surface area contributed by atoms with E-state index < -0.39 is 29.0 Å². The molecule has 0 radical (unpaired) electrons. The molecular formula is C14H9F6N3O. The molecule has 0 saturated carbocycles.